The third-order valence-electron chi connectivity index (χ3n) is 6.12. The van der Waals surface area contributed by atoms with Gasteiger partial charge in [-0.2, -0.15) is 0 Å². The molecule has 30 heavy (non-hydrogen) atoms. The minimum atomic E-state index is -4.06. The van der Waals surface area contributed by atoms with Crippen LogP contribution in [0.5, 0.6) is 0 Å². The first-order valence-corrected chi connectivity index (χ1v) is 13.6. The molecular formula is C22H27NO5S2. The molecule has 8 heteroatoms. The molecule has 0 aromatic heterocycles. The van der Waals surface area contributed by atoms with Crippen molar-refractivity contribution in [2.75, 3.05) is 15.8 Å². The van der Waals surface area contributed by atoms with Crippen molar-refractivity contribution in [3.05, 3.63) is 60.2 Å². The molecular weight excluding hydrogens is 422 g/mol. The summed E-state index contributed by atoms with van der Waals surface area (Å²) in [5, 5.41) is 10.4. The number of sulfonamides is 1. The van der Waals surface area contributed by atoms with Gasteiger partial charge in [-0.25, -0.2) is 16.8 Å². The summed E-state index contributed by atoms with van der Waals surface area (Å²) in [5.41, 5.74) is 1.48. The second-order valence-electron chi connectivity index (χ2n) is 8.25. The van der Waals surface area contributed by atoms with E-state index in [1.807, 2.05) is 12.1 Å². The summed E-state index contributed by atoms with van der Waals surface area (Å²) in [6, 6.07) is 14.3. The van der Waals surface area contributed by atoms with Gasteiger partial charge in [0.2, 0.25) is 0 Å². The average Bonchev–Trinajstić information content (AvgIpc) is 3.01. The smallest absolute Gasteiger partial charge is 0.264 e. The molecule has 6 nitrogen and oxygen atoms in total. The molecule has 1 saturated carbocycles. The number of para-hydroxylation sites is 1. The molecule has 1 heterocycles. The molecule has 1 aliphatic carbocycles. The third-order valence-corrected chi connectivity index (χ3v) is 9.69. The van der Waals surface area contributed by atoms with Crippen molar-refractivity contribution in [3.8, 4) is 0 Å². The van der Waals surface area contributed by atoms with Crippen LogP contribution in [0.3, 0.4) is 0 Å². The summed E-state index contributed by atoms with van der Waals surface area (Å²) >= 11 is 0. The molecule has 2 aliphatic rings. The minimum Gasteiger partial charge on any atom is -0.390 e. The summed E-state index contributed by atoms with van der Waals surface area (Å²) in [6.07, 6.45) is 4.61. The number of sulfone groups is 1. The topological polar surface area (TPSA) is 91.8 Å². The van der Waals surface area contributed by atoms with Crippen molar-refractivity contribution in [2.45, 2.75) is 55.1 Å². The first kappa shape index (κ1) is 21.3. The van der Waals surface area contributed by atoms with Crippen LogP contribution in [-0.4, -0.2) is 45.6 Å². The van der Waals surface area contributed by atoms with Gasteiger partial charge in [-0.15, -0.1) is 0 Å². The van der Waals surface area contributed by atoms with Crippen molar-refractivity contribution >= 4 is 25.5 Å². The highest BCUT2D eigenvalue weighted by molar-refractivity contribution is 7.93. The first-order chi connectivity index (χ1) is 14.3. The second kappa shape index (κ2) is 8.32. The first-order valence-electron chi connectivity index (χ1n) is 10.4. The van der Waals surface area contributed by atoms with Crippen LogP contribution in [0.4, 0.5) is 5.69 Å². The van der Waals surface area contributed by atoms with Gasteiger partial charge in [0, 0.05) is 0 Å². The highest BCUT2D eigenvalue weighted by atomic mass is 32.2. The minimum absolute atomic E-state index is 0.0995. The lowest BCUT2D eigenvalue weighted by Crippen LogP contribution is -2.47. The van der Waals surface area contributed by atoms with Gasteiger partial charge in [-0.05, 0) is 48.6 Å². The van der Waals surface area contributed by atoms with Crippen LogP contribution in [0, 0.1) is 0 Å². The predicted molar refractivity (Wildman–Crippen MR) is 117 cm³/mol. The van der Waals surface area contributed by atoms with Crippen molar-refractivity contribution in [3.63, 3.8) is 0 Å². The maximum absolute atomic E-state index is 13.6. The Morgan fingerprint density at radius 2 is 1.50 bits per heavy atom. The molecule has 2 atom stereocenters. The fraction of sp³-hybridized carbons (Fsp3) is 0.455. The number of aliphatic hydroxyl groups is 1. The number of aliphatic hydroxyl groups excluding tert-OH is 1. The van der Waals surface area contributed by atoms with E-state index >= 15 is 0 Å². The van der Waals surface area contributed by atoms with E-state index in [0.717, 1.165) is 22.7 Å². The van der Waals surface area contributed by atoms with Crippen LogP contribution in [0.25, 0.3) is 0 Å². The monoisotopic (exact) mass is 449 g/mol. The van der Waals surface area contributed by atoms with Gasteiger partial charge in [-0.1, -0.05) is 49.6 Å². The van der Waals surface area contributed by atoms with Crippen LogP contribution < -0.4 is 4.31 Å². The number of anilines is 1. The zero-order valence-electron chi connectivity index (χ0n) is 16.7. The van der Waals surface area contributed by atoms with Gasteiger partial charge in [0.05, 0.1) is 34.2 Å². The van der Waals surface area contributed by atoms with Gasteiger partial charge < -0.3 is 5.11 Å². The van der Waals surface area contributed by atoms with E-state index in [2.05, 4.69) is 0 Å². The maximum atomic E-state index is 13.6. The van der Waals surface area contributed by atoms with Crippen molar-refractivity contribution in [1.29, 1.82) is 0 Å². The Labute approximate surface area is 178 Å². The van der Waals surface area contributed by atoms with Gasteiger partial charge in [-0.3, -0.25) is 4.31 Å². The van der Waals surface area contributed by atoms with Gasteiger partial charge >= 0.3 is 0 Å². The van der Waals surface area contributed by atoms with Crippen LogP contribution in [0.15, 0.2) is 59.5 Å². The van der Waals surface area contributed by atoms with Crippen molar-refractivity contribution < 1.29 is 21.9 Å². The molecule has 2 fully saturated rings. The van der Waals surface area contributed by atoms with E-state index < -0.39 is 43.5 Å². The summed E-state index contributed by atoms with van der Waals surface area (Å²) in [4.78, 5) is 0.0995. The van der Waals surface area contributed by atoms with Crippen LogP contribution in [0.2, 0.25) is 0 Å². The summed E-state index contributed by atoms with van der Waals surface area (Å²) < 4.78 is 52.4. The number of nitrogens with zero attached hydrogens (tertiary/aromatic N) is 1. The lowest BCUT2D eigenvalue weighted by Gasteiger charge is -2.31. The van der Waals surface area contributed by atoms with E-state index in [0.29, 0.717) is 11.6 Å². The summed E-state index contributed by atoms with van der Waals surface area (Å²) in [7, 11) is -7.58. The van der Waals surface area contributed by atoms with Crippen LogP contribution >= 0.6 is 0 Å². The van der Waals surface area contributed by atoms with Gasteiger partial charge in [0.15, 0.2) is 9.84 Å². The van der Waals surface area contributed by atoms with Gasteiger partial charge in [0.1, 0.15) is 0 Å². The number of hydrogen-bond donors (Lipinski definition) is 1. The molecule has 0 unspecified atom stereocenters. The average molecular weight is 450 g/mol. The van der Waals surface area contributed by atoms with Crippen molar-refractivity contribution in [2.24, 2.45) is 0 Å². The molecule has 0 spiro atoms. The Hall–Kier alpha value is -1.90. The molecule has 0 radical (unpaired) electrons. The summed E-state index contributed by atoms with van der Waals surface area (Å²) in [5.74, 6) is -0.373. The zero-order chi connectivity index (χ0) is 21.4. The molecule has 0 bridgehead atoms. The highest BCUT2D eigenvalue weighted by Gasteiger charge is 2.45. The quantitative estimate of drug-likeness (QED) is 0.757. The van der Waals surface area contributed by atoms with E-state index in [1.165, 1.54) is 19.3 Å². The standard InChI is InChI=1S/C22H27NO5S2/c24-22-16-29(25,26)15-21(22)23(19-9-5-2-6-10-19)30(27,28)20-13-11-18(12-14-20)17-7-3-1-4-8-17/h2,5-6,9-14,17,21-22,24H,1,3-4,7-8,15-16H2/t21-,22-/m1/s1. The Bertz CT molecular complexity index is 1080. The maximum Gasteiger partial charge on any atom is 0.264 e. The Balaban J connectivity index is 1.71. The third kappa shape index (κ3) is 4.26. The lowest BCUT2D eigenvalue weighted by molar-refractivity contribution is 0.184. The summed E-state index contributed by atoms with van der Waals surface area (Å²) in [6.45, 7) is 0. The molecule has 162 valence electrons. The van der Waals surface area contributed by atoms with E-state index in [1.54, 1.807) is 42.5 Å². The largest absolute Gasteiger partial charge is 0.390 e. The second-order valence-corrected chi connectivity index (χ2v) is 12.2. The molecule has 1 aliphatic heterocycles. The zero-order valence-corrected chi connectivity index (χ0v) is 18.4. The Morgan fingerprint density at radius 1 is 0.867 bits per heavy atom. The Kier molecular flexibility index (Phi) is 5.92. The van der Waals surface area contributed by atoms with Crippen molar-refractivity contribution in [1.82, 2.24) is 0 Å². The van der Waals surface area contributed by atoms with Crippen LogP contribution in [0.1, 0.15) is 43.6 Å². The number of rotatable bonds is 5. The lowest BCUT2D eigenvalue weighted by atomic mass is 9.84. The van der Waals surface area contributed by atoms with E-state index in [9.17, 15) is 21.9 Å². The predicted octanol–water partition coefficient (Wildman–Crippen LogP) is 3.09. The Morgan fingerprint density at radius 3 is 2.07 bits per heavy atom. The SMILES string of the molecule is O=S1(=O)C[C@@H](O)[C@H](N(c2ccccc2)S(=O)(=O)c2ccc(C3CCCCC3)cc2)C1. The molecule has 1 saturated heterocycles. The fourth-order valence-electron chi connectivity index (χ4n) is 4.58. The molecule has 1 N–H and O–H groups in total. The molecule has 0 amide bonds. The highest BCUT2D eigenvalue weighted by Crippen LogP contribution is 2.35. The molecule has 2 aromatic rings. The molecule has 2 aromatic carbocycles. The van der Waals surface area contributed by atoms with E-state index in [4.69, 9.17) is 0 Å². The fourth-order valence-corrected chi connectivity index (χ4v) is 8.12. The van der Waals surface area contributed by atoms with Crippen LogP contribution in [-0.2, 0) is 19.9 Å². The molecule has 4 rings (SSSR count). The number of benzene rings is 2. The number of hydrogen-bond acceptors (Lipinski definition) is 5. The van der Waals surface area contributed by atoms with Gasteiger partial charge in [0.25, 0.3) is 10.0 Å². The normalized spacial score (nSPS) is 24.6. The van der Waals surface area contributed by atoms with E-state index in [-0.39, 0.29) is 4.90 Å².